The zero-order valence-corrected chi connectivity index (χ0v) is 13.3. The maximum atomic E-state index is 12.2. The number of anilines is 1. The molecule has 1 aliphatic rings. The summed E-state index contributed by atoms with van der Waals surface area (Å²) in [6, 6.07) is 5.09. The lowest BCUT2D eigenvalue weighted by atomic mass is 9.98. The van der Waals surface area contributed by atoms with E-state index in [4.69, 9.17) is 14.0 Å². The maximum Gasteiger partial charge on any atom is 0.320 e. The fraction of sp³-hybridized carbons (Fsp3) is 0.375. The van der Waals surface area contributed by atoms with Gasteiger partial charge in [-0.05, 0) is 25.5 Å². The molecule has 0 spiro atoms. The van der Waals surface area contributed by atoms with Crippen molar-refractivity contribution in [3.05, 3.63) is 35.1 Å². The molecule has 0 bridgehead atoms. The van der Waals surface area contributed by atoms with Gasteiger partial charge in [0.2, 0.25) is 0 Å². The second kappa shape index (κ2) is 6.20. The van der Waals surface area contributed by atoms with Gasteiger partial charge in [-0.2, -0.15) is 0 Å². The minimum Gasteiger partial charge on any atom is -0.493 e. The van der Waals surface area contributed by atoms with E-state index >= 15 is 0 Å². The number of carbonyl (C=O) groups excluding carboxylic acids is 1. The summed E-state index contributed by atoms with van der Waals surface area (Å²) >= 11 is 0. The average Bonchev–Trinajstić information content (AvgIpc) is 2.92. The molecule has 2 amide bonds. The number of carbonyl (C=O) groups is 1. The Morgan fingerprint density at radius 2 is 2.17 bits per heavy atom. The van der Waals surface area contributed by atoms with Crippen LogP contribution in [0.5, 0.6) is 11.5 Å². The molecule has 1 aromatic heterocycles. The fourth-order valence-corrected chi connectivity index (χ4v) is 2.65. The van der Waals surface area contributed by atoms with E-state index in [2.05, 4.69) is 15.8 Å². The number of hydrogen-bond donors (Lipinski definition) is 2. The highest BCUT2D eigenvalue weighted by molar-refractivity contribution is 5.88. The van der Waals surface area contributed by atoms with E-state index in [1.165, 1.54) is 0 Å². The van der Waals surface area contributed by atoms with Crippen molar-refractivity contribution in [3.63, 3.8) is 0 Å². The molecular weight excluding hydrogens is 298 g/mol. The van der Waals surface area contributed by atoms with Gasteiger partial charge < -0.3 is 19.3 Å². The molecule has 3 rings (SSSR count). The molecule has 0 saturated heterocycles. The third-order valence-electron chi connectivity index (χ3n) is 3.65. The summed E-state index contributed by atoms with van der Waals surface area (Å²) in [5, 5.41) is 9.34. The van der Waals surface area contributed by atoms with E-state index in [0.717, 1.165) is 11.1 Å². The lowest BCUT2D eigenvalue weighted by molar-refractivity contribution is 0.226. The first-order valence-corrected chi connectivity index (χ1v) is 7.39. The molecule has 0 fully saturated rings. The Morgan fingerprint density at radius 1 is 1.35 bits per heavy atom. The monoisotopic (exact) mass is 317 g/mol. The van der Waals surface area contributed by atoms with Crippen LogP contribution in [0.15, 0.2) is 22.7 Å². The van der Waals surface area contributed by atoms with Gasteiger partial charge in [0.15, 0.2) is 17.3 Å². The average molecular weight is 317 g/mol. The summed E-state index contributed by atoms with van der Waals surface area (Å²) in [6.07, 6.45) is 0.685. The summed E-state index contributed by atoms with van der Waals surface area (Å²) in [7, 11) is 1.61. The third kappa shape index (κ3) is 3.23. The number of benzene rings is 1. The Morgan fingerprint density at radius 3 is 2.87 bits per heavy atom. The lowest BCUT2D eigenvalue weighted by Crippen LogP contribution is -2.35. The van der Waals surface area contributed by atoms with E-state index in [9.17, 15) is 4.79 Å². The number of nitrogens with one attached hydrogen (secondary N) is 2. The largest absolute Gasteiger partial charge is 0.493 e. The van der Waals surface area contributed by atoms with Crippen molar-refractivity contribution in [3.8, 4) is 11.5 Å². The molecular formula is C16H19N3O4. The molecule has 1 aromatic carbocycles. The highest BCUT2D eigenvalue weighted by atomic mass is 16.5. The predicted molar refractivity (Wildman–Crippen MR) is 84.0 cm³/mol. The van der Waals surface area contributed by atoms with Gasteiger partial charge >= 0.3 is 6.03 Å². The number of hydrogen-bond acceptors (Lipinski definition) is 5. The number of amides is 2. The van der Waals surface area contributed by atoms with Crippen LogP contribution in [0.2, 0.25) is 0 Å². The maximum absolute atomic E-state index is 12.2. The fourth-order valence-electron chi connectivity index (χ4n) is 2.65. The second-order valence-electron chi connectivity index (χ2n) is 5.50. The first kappa shape index (κ1) is 15.2. The number of urea groups is 1. The molecule has 23 heavy (non-hydrogen) atoms. The summed E-state index contributed by atoms with van der Waals surface area (Å²) in [6.45, 7) is 4.26. The number of nitrogens with zero attached hydrogens (tertiary/aromatic N) is 1. The SMILES string of the molecule is COc1cc(C)cc2c1OCC[C@@H]2NC(=O)Nc1cc(C)on1. The molecule has 1 aliphatic heterocycles. The van der Waals surface area contributed by atoms with E-state index in [0.29, 0.717) is 36.1 Å². The van der Waals surface area contributed by atoms with Crippen LogP contribution in [-0.4, -0.2) is 24.9 Å². The van der Waals surface area contributed by atoms with Crippen LogP contribution < -0.4 is 20.1 Å². The van der Waals surface area contributed by atoms with Crippen LogP contribution >= 0.6 is 0 Å². The number of fused-ring (bicyclic) bond motifs is 1. The van der Waals surface area contributed by atoms with E-state index in [1.54, 1.807) is 20.1 Å². The molecule has 7 nitrogen and oxygen atoms in total. The van der Waals surface area contributed by atoms with Gasteiger partial charge in [0.05, 0.1) is 19.8 Å². The Hall–Kier alpha value is -2.70. The number of ether oxygens (including phenoxy) is 2. The summed E-state index contributed by atoms with van der Waals surface area (Å²) < 4.78 is 16.0. The molecule has 0 saturated carbocycles. The second-order valence-corrected chi connectivity index (χ2v) is 5.50. The van der Waals surface area contributed by atoms with E-state index in [-0.39, 0.29) is 12.1 Å². The number of rotatable bonds is 3. The lowest BCUT2D eigenvalue weighted by Gasteiger charge is -2.28. The van der Waals surface area contributed by atoms with Crippen molar-refractivity contribution < 1.29 is 18.8 Å². The van der Waals surface area contributed by atoms with Crippen LogP contribution in [0.1, 0.15) is 29.3 Å². The molecule has 2 aromatic rings. The third-order valence-corrected chi connectivity index (χ3v) is 3.65. The smallest absolute Gasteiger partial charge is 0.320 e. The van der Waals surface area contributed by atoms with Crippen molar-refractivity contribution in [2.45, 2.75) is 26.3 Å². The van der Waals surface area contributed by atoms with Crippen LogP contribution in [0.3, 0.4) is 0 Å². The molecule has 0 unspecified atom stereocenters. The highest BCUT2D eigenvalue weighted by Crippen LogP contribution is 2.40. The van der Waals surface area contributed by atoms with Gasteiger partial charge in [-0.25, -0.2) is 4.79 Å². The minimum absolute atomic E-state index is 0.152. The van der Waals surface area contributed by atoms with Gasteiger partial charge in [0.25, 0.3) is 0 Å². The zero-order valence-electron chi connectivity index (χ0n) is 13.3. The van der Waals surface area contributed by atoms with Crippen molar-refractivity contribution >= 4 is 11.8 Å². The van der Waals surface area contributed by atoms with Crippen LogP contribution in [0, 0.1) is 13.8 Å². The standard InChI is InChI=1S/C16H19N3O4/c1-9-6-11-12(4-5-22-15(11)13(7-9)21-3)17-16(20)18-14-8-10(2)23-19-14/h6-8,12H,4-5H2,1-3H3,(H2,17,18,19,20)/t12-/m0/s1. The quantitative estimate of drug-likeness (QED) is 0.909. The van der Waals surface area contributed by atoms with Crippen molar-refractivity contribution in [2.24, 2.45) is 0 Å². The van der Waals surface area contributed by atoms with Gasteiger partial charge in [0.1, 0.15) is 5.76 Å². The summed E-state index contributed by atoms with van der Waals surface area (Å²) in [5.41, 5.74) is 1.96. The molecule has 7 heteroatoms. The van der Waals surface area contributed by atoms with Crippen molar-refractivity contribution in [1.29, 1.82) is 0 Å². The molecule has 2 N–H and O–H groups in total. The Balaban J connectivity index is 1.77. The first-order valence-electron chi connectivity index (χ1n) is 7.39. The van der Waals surface area contributed by atoms with Crippen molar-refractivity contribution in [1.82, 2.24) is 10.5 Å². The van der Waals surface area contributed by atoms with Gasteiger partial charge in [0, 0.05) is 18.1 Å². The summed E-state index contributed by atoms with van der Waals surface area (Å²) in [4.78, 5) is 12.2. The molecule has 1 atom stereocenters. The minimum atomic E-state index is -0.336. The van der Waals surface area contributed by atoms with E-state index in [1.807, 2.05) is 19.1 Å². The van der Waals surface area contributed by atoms with Gasteiger partial charge in [-0.3, -0.25) is 5.32 Å². The number of methoxy groups -OCH3 is 1. The number of aromatic nitrogens is 1. The Bertz CT molecular complexity index is 726. The van der Waals surface area contributed by atoms with E-state index < -0.39 is 0 Å². The normalized spacial score (nSPS) is 16.2. The number of aryl methyl sites for hydroxylation is 2. The van der Waals surface area contributed by atoms with Crippen LogP contribution in [0.4, 0.5) is 10.6 Å². The van der Waals surface area contributed by atoms with Crippen molar-refractivity contribution in [2.75, 3.05) is 19.0 Å². The van der Waals surface area contributed by atoms with Gasteiger partial charge in [-0.15, -0.1) is 0 Å². The van der Waals surface area contributed by atoms with Gasteiger partial charge in [-0.1, -0.05) is 11.2 Å². The van der Waals surface area contributed by atoms with Crippen LogP contribution in [-0.2, 0) is 0 Å². The molecule has 2 heterocycles. The van der Waals surface area contributed by atoms with Crippen LogP contribution in [0.25, 0.3) is 0 Å². The molecule has 0 radical (unpaired) electrons. The molecule has 122 valence electrons. The summed E-state index contributed by atoms with van der Waals surface area (Å²) in [5.74, 6) is 2.39. The first-order chi connectivity index (χ1) is 11.1. The topological polar surface area (TPSA) is 85.6 Å². The molecule has 0 aliphatic carbocycles. The Kier molecular flexibility index (Phi) is 4.10. The zero-order chi connectivity index (χ0) is 16.4. The Labute approximate surface area is 133 Å². The predicted octanol–water partition coefficient (Wildman–Crippen LogP) is 2.95. The highest BCUT2D eigenvalue weighted by Gasteiger charge is 2.26.